The molecule has 1 unspecified atom stereocenters. The minimum atomic E-state index is -0.436. The molecule has 1 aromatic rings. The monoisotopic (exact) mass is 330 g/mol. The van der Waals surface area contributed by atoms with Gasteiger partial charge in [0.15, 0.2) is 0 Å². The molecule has 19 heavy (non-hydrogen) atoms. The second-order valence-electron chi connectivity index (χ2n) is 4.53. The summed E-state index contributed by atoms with van der Waals surface area (Å²) in [5.41, 5.74) is 6.35. The van der Waals surface area contributed by atoms with E-state index in [0.29, 0.717) is 31.4 Å². The van der Waals surface area contributed by atoms with E-state index in [2.05, 4.69) is 21.2 Å². The number of amides is 1. The van der Waals surface area contributed by atoms with E-state index < -0.39 is 6.04 Å². The average molecular weight is 331 g/mol. The van der Waals surface area contributed by atoms with Gasteiger partial charge in [-0.15, -0.1) is 0 Å². The Morgan fingerprint density at radius 1 is 1.53 bits per heavy atom. The minimum Gasteiger partial charge on any atom is -0.355 e. The van der Waals surface area contributed by atoms with Crippen LogP contribution in [0.1, 0.15) is 31.7 Å². The molecule has 0 radical (unpaired) electrons. The SMILES string of the molecule is CCCC(N)C(=O)NCCCc1ccc(Br)cc1F. The smallest absolute Gasteiger partial charge is 0.236 e. The lowest BCUT2D eigenvalue weighted by molar-refractivity contribution is -0.122. The molecule has 3 nitrogen and oxygen atoms in total. The Hall–Kier alpha value is -0.940. The van der Waals surface area contributed by atoms with Crippen molar-refractivity contribution in [2.75, 3.05) is 6.54 Å². The molecule has 0 aliphatic carbocycles. The van der Waals surface area contributed by atoms with Crippen LogP contribution in [0.15, 0.2) is 22.7 Å². The van der Waals surface area contributed by atoms with Crippen molar-refractivity contribution in [1.29, 1.82) is 0 Å². The van der Waals surface area contributed by atoms with Gasteiger partial charge in [0.1, 0.15) is 5.82 Å². The second kappa shape index (κ2) is 8.27. The molecule has 0 aliphatic heterocycles. The molecule has 0 heterocycles. The van der Waals surface area contributed by atoms with Gasteiger partial charge in [0, 0.05) is 11.0 Å². The van der Waals surface area contributed by atoms with E-state index in [9.17, 15) is 9.18 Å². The van der Waals surface area contributed by atoms with E-state index in [1.165, 1.54) is 6.07 Å². The van der Waals surface area contributed by atoms with Gasteiger partial charge in [-0.1, -0.05) is 35.3 Å². The zero-order chi connectivity index (χ0) is 14.3. The summed E-state index contributed by atoms with van der Waals surface area (Å²) in [6.07, 6.45) is 2.87. The molecule has 106 valence electrons. The maximum atomic E-state index is 13.5. The van der Waals surface area contributed by atoms with Crippen molar-refractivity contribution in [3.63, 3.8) is 0 Å². The predicted octanol–water partition coefficient (Wildman–Crippen LogP) is 2.76. The molecule has 1 rings (SSSR count). The van der Waals surface area contributed by atoms with Crippen molar-refractivity contribution in [3.8, 4) is 0 Å². The van der Waals surface area contributed by atoms with Crippen molar-refractivity contribution in [2.24, 2.45) is 5.73 Å². The molecular weight excluding hydrogens is 311 g/mol. The van der Waals surface area contributed by atoms with E-state index in [0.717, 1.165) is 10.9 Å². The van der Waals surface area contributed by atoms with E-state index in [-0.39, 0.29) is 11.7 Å². The molecule has 3 N–H and O–H groups in total. The first kappa shape index (κ1) is 16.1. The molecule has 1 amide bonds. The van der Waals surface area contributed by atoms with Gasteiger partial charge in [0.25, 0.3) is 0 Å². The number of nitrogens with two attached hydrogens (primary N) is 1. The van der Waals surface area contributed by atoms with E-state index in [1.807, 2.05) is 13.0 Å². The van der Waals surface area contributed by atoms with Gasteiger partial charge in [-0.3, -0.25) is 4.79 Å². The zero-order valence-electron chi connectivity index (χ0n) is 11.1. The summed E-state index contributed by atoms with van der Waals surface area (Å²) < 4.78 is 14.3. The standard InChI is InChI=1S/C14H20BrFN2O/c1-2-4-13(17)14(19)18-8-3-5-10-6-7-11(15)9-12(10)16/h6-7,9,13H,2-5,8,17H2,1H3,(H,18,19). The molecule has 0 aromatic heterocycles. The number of carbonyl (C=O) groups excluding carboxylic acids is 1. The third-order valence-corrected chi connectivity index (χ3v) is 3.37. The number of hydrogen-bond donors (Lipinski definition) is 2. The highest BCUT2D eigenvalue weighted by molar-refractivity contribution is 9.10. The van der Waals surface area contributed by atoms with Crippen LogP contribution in [0.2, 0.25) is 0 Å². The van der Waals surface area contributed by atoms with E-state index >= 15 is 0 Å². The first-order chi connectivity index (χ1) is 9.04. The quantitative estimate of drug-likeness (QED) is 0.755. The predicted molar refractivity (Wildman–Crippen MR) is 78.3 cm³/mol. The van der Waals surface area contributed by atoms with Crippen LogP contribution in [0, 0.1) is 5.82 Å². The molecule has 0 saturated heterocycles. The highest BCUT2D eigenvalue weighted by Gasteiger charge is 2.11. The maximum Gasteiger partial charge on any atom is 0.236 e. The fourth-order valence-electron chi connectivity index (χ4n) is 1.79. The lowest BCUT2D eigenvalue weighted by Gasteiger charge is -2.11. The normalized spacial score (nSPS) is 12.2. The number of hydrogen-bond acceptors (Lipinski definition) is 2. The number of benzene rings is 1. The van der Waals surface area contributed by atoms with Gasteiger partial charge in [0.05, 0.1) is 6.04 Å². The van der Waals surface area contributed by atoms with Crippen molar-refractivity contribution in [2.45, 2.75) is 38.6 Å². The van der Waals surface area contributed by atoms with Crippen LogP contribution in [-0.4, -0.2) is 18.5 Å². The first-order valence-corrected chi connectivity index (χ1v) is 7.31. The fraction of sp³-hybridized carbons (Fsp3) is 0.500. The topological polar surface area (TPSA) is 55.1 Å². The summed E-state index contributed by atoms with van der Waals surface area (Å²) in [4.78, 5) is 11.5. The summed E-state index contributed by atoms with van der Waals surface area (Å²) in [5, 5.41) is 2.77. The first-order valence-electron chi connectivity index (χ1n) is 6.51. The van der Waals surface area contributed by atoms with Crippen LogP contribution in [0.5, 0.6) is 0 Å². The van der Waals surface area contributed by atoms with Gasteiger partial charge >= 0.3 is 0 Å². The van der Waals surface area contributed by atoms with E-state index in [4.69, 9.17) is 5.73 Å². The number of halogens is 2. The Balaban J connectivity index is 2.29. The molecule has 0 saturated carbocycles. The van der Waals surface area contributed by atoms with Crippen LogP contribution in [0.4, 0.5) is 4.39 Å². The molecule has 0 bridgehead atoms. The molecule has 0 fully saturated rings. The average Bonchev–Trinajstić information content (AvgIpc) is 2.36. The highest BCUT2D eigenvalue weighted by Crippen LogP contribution is 2.16. The zero-order valence-corrected chi connectivity index (χ0v) is 12.7. The van der Waals surface area contributed by atoms with Crippen molar-refractivity contribution in [3.05, 3.63) is 34.1 Å². The highest BCUT2D eigenvalue weighted by atomic mass is 79.9. The maximum absolute atomic E-state index is 13.5. The number of aryl methyl sites for hydroxylation is 1. The molecule has 0 spiro atoms. The van der Waals surface area contributed by atoms with Gasteiger partial charge in [-0.05, 0) is 37.0 Å². The van der Waals surface area contributed by atoms with E-state index in [1.54, 1.807) is 6.07 Å². The van der Waals surface area contributed by atoms with Crippen molar-refractivity contribution >= 4 is 21.8 Å². The summed E-state index contributed by atoms with van der Waals surface area (Å²) in [6, 6.07) is 4.58. The minimum absolute atomic E-state index is 0.127. The van der Waals surface area contributed by atoms with Gasteiger partial charge in [0.2, 0.25) is 5.91 Å². The molecule has 5 heteroatoms. The third kappa shape index (κ3) is 5.70. The summed E-state index contributed by atoms with van der Waals surface area (Å²) >= 11 is 3.22. The van der Waals surface area contributed by atoms with Gasteiger partial charge in [-0.25, -0.2) is 4.39 Å². The van der Waals surface area contributed by atoms with Gasteiger partial charge in [-0.2, -0.15) is 0 Å². The molecule has 0 aliphatic rings. The number of rotatable bonds is 7. The Morgan fingerprint density at radius 2 is 2.26 bits per heavy atom. The van der Waals surface area contributed by atoms with Crippen molar-refractivity contribution in [1.82, 2.24) is 5.32 Å². The molecular formula is C14H20BrFN2O. The van der Waals surface area contributed by atoms with Crippen LogP contribution in [0.25, 0.3) is 0 Å². The summed E-state index contributed by atoms with van der Waals surface area (Å²) in [5.74, 6) is -0.346. The van der Waals surface area contributed by atoms with Gasteiger partial charge < -0.3 is 11.1 Å². The Labute approximate surface area is 121 Å². The fourth-order valence-corrected chi connectivity index (χ4v) is 2.12. The number of nitrogens with one attached hydrogen (secondary N) is 1. The Bertz CT molecular complexity index is 426. The second-order valence-corrected chi connectivity index (χ2v) is 5.44. The molecule has 1 aromatic carbocycles. The Kier molecular flexibility index (Phi) is 7.02. The van der Waals surface area contributed by atoms with Crippen molar-refractivity contribution < 1.29 is 9.18 Å². The summed E-state index contributed by atoms with van der Waals surface area (Å²) in [7, 11) is 0. The van der Waals surface area contributed by atoms with Crippen LogP contribution in [0.3, 0.4) is 0 Å². The lowest BCUT2D eigenvalue weighted by Crippen LogP contribution is -2.40. The summed E-state index contributed by atoms with van der Waals surface area (Å²) in [6.45, 7) is 2.51. The third-order valence-electron chi connectivity index (χ3n) is 2.87. The Morgan fingerprint density at radius 3 is 2.89 bits per heavy atom. The molecule has 1 atom stereocenters. The van der Waals surface area contributed by atoms with Crippen LogP contribution < -0.4 is 11.1 Å². The van der Waals surface area contributed by atoms with Crippen LogP contribution in [-0.2, 0) is 11.2 Å². The largest absolute Gasteiger partial charge is 0.355 e. The number of carbonyl (C=O) groups is 1. The van der Waals surface area contributed by atoms with Crippen LogP contribution >= 0.6 is 15.9 Å². The lowest BCUT2D eigenvalue weighted by atomic mass is 10.1.